The van der Waals surface area contributed by atoms with Crippen molar-refractivity contribution in [3.05, 3.63) is 29.1 Å². The number of nitrogens with one attached hydrogen (secondary N) is 1. The molecule has 15 heavy (non-hydrogen) atoms. The second-order valence-electron chi connectivity index (χ2n) is 3.59. The zero-order valence-electron chi connectivity index (χ0n) is 10.3. The minimum absolute atomic E-state index is 0. The van der Waals surface area contributed by atoms with Crippen molar-refractivity contribution in [2.45, 2.75) is 39.7 Å². The summed E-state index contributed by atoms with van der Waals surface area (Å²) in [5, 5.41) is 3.23. The average molecular weight is 209 g/mol. The topological polar surface area (TPSA) is 59.9 Å². The SMILES string of the molecule is CCc1cc(C(C)NC)cnc1CC.N. The van der Waals surface area contributed by atoms with Gasteiger partial charge in [0.05, 0.1) is 0 Å². The molecule has 0 radical (unpaired) electrons. The number of nitrogens with zero attached hydrogens (tertiary/aromatic N) is 1. The number of hydrogen-bond donors (Lipinski definition) is 2. The number of aryl methyl sites for hydroxylation is 2. The van der Waals surface area contributed by atoms with Crippen LogP contribution in [-0.2, 0) is 12.8 Å². The van der Waals surface area contributed by atoms with E-state index in [1.165, 1.54) is 16.8 Å². The van der Waals surface area contributed by atoms with E-state index in [1.54, 1.807) is 0 Å². The van der Waals surface area contributed by atoms with E-state index >= 15 is 0 Å². The van der Waals surface area contributed by atoms with Gasteiger partial charge in [-0.15, -0.1) is 0 Å². The van der Waals surface area contributed by atoms with Crippen molar-refractivity contribution in [2.75, 3.05) is 7.05 Å². The summed E-state index contributed by atoms with van der Waals surface area (Å²) < 4.78 is 0. The first kappa shape index (κ1) is 14.1. The van der Waals surface area contributed by atoms with Crippen molar-refractivity contribution < 1.29 is 0 Å². The second kappa shape index (κ2) is 6.53. The molecule has 0 saturated heterocycles. The molecule has 0 saturated carbocycles. The van der Waals surface area contributed by atoms with Crippen molar-refractivity contribution >= 4 is 0 Å². The van der Waals surface area contributed by atoms with E-state index in [0.717, 1.165) is 12.8 Å². The summed E-state index contributed by atoms with van der Waals surface area (Å²) in [5.41, 5.74) is 3.90. The summed E-state index contributed by atoms with van der Waals surface area (Å²) >= 11 is 0. The van der Waals surface area contributed by atoms with Gasteiger partial charge in [-0.05, 0) is 37.9 Å². The minimum Gasteiger partial charge on any atom is -0.344 e. The van der Waals surface area contributed by atoms with E-state index in [0.29, 0.717) is 6.04 Å². The van der Waals surface area contributed by atoms with Crippen LogP contribution in [0.5, 0.6) is 0 Å². The lowest BCUT2D eigenvalue weighted by Gasteiger charge is -2.13. The van der Waals surface area contributed by atoms with Crippen molar-refractivity contribution in [3.8, 4) is 0 Å². The van der Waals surface area contributed by atoms with Crippen LogP contribution in [0.4, 0.5) is 0 Å². The van der Waals surface area contributed by atoms with Gasteiger partial charge in [-0.1, -0.05) is 19.9 Å². The predicted molar refractivity (Wildman–Crippen MR) is 65.5 cm³/mol. The zero-order chi connectivity index (χ0) is 10.6. The molecule has 3 nitrogen and oxygen atoms in total. The van der Waals surface area contributed by atoms with Crippen molar-refractivity contribution in [1.29, 1.82) is 0 Å². The third-order valence-corrected chi connectivity index (χ3v) is 2.73. The molecule has 86 valence electrons. The number of pyridine rings is 1. The fraction of sp³-hybridized carbons (Fsp3) is 0.583. The van der Waals surface area contributed by atoms with Crippen LogP contribution >= 0.6 is 0 Å². The van der Waals surface area contributed by atoms with Crippen LogP contribution < -0.4 is 11.5 Å². The van der Waals surface area contributed by atoms with E-state index in [2.05, 4.69) is 37.1 Å². The van der Waals surface area contributed by atoms with Crippen LogP contribution in [0.15, 0.2) is 12.3 Å². The molecule has 1 rings (SSSR count). The Labute approximate surface area is 92.9 Å². The van der Waals surface area contributed by atoms with Crippen LogP contribution in [-0.4, -0.2) is 12.0 Å². The Hall–Kier alpha value is -0.930. The molecular formula is C12H23N3. The fourth-order valence-corrected chi connectivity index (χ4v) is 1.59. The molecular weight excluding hydrogens is 186 g/mol. The molecule has 1 aromatic heterocycles. The van der Waals surface area contributed by atoms with E-state index in [-0.39, 0.29) is 6.15 Å². The van der Waals surface area contributed by atoms with Gasteiger partial charge in [-0.3, -0.25) is 4.98 Å². The van der Waals surface area contributed by atoms with Gasteiger partial charge in [0.15, 0.2) is 0 Å². The average Bonchev–Trinajstić information content (AvgIpc) is 2.26. The zero-order valence-corrected chi connectivity index (χ0v) is 10.3. The maximum Gasteiger partial charge on any atom is 0.0432 e. The lowest BCUT2D eigenvalue weighted by molar-refractivity contribution is 0.647. The molecule has 0 spiro atoms. The van der Waals surface area contributed by atoms with Crippen molar-refractivity contribution in [1.82, 2.24) is 16.5 Å². The Morgan fingerprint density at radius 1 is 1.33 bits per heavy atom. The Balaban J connectivity index is 0.00000196. The van der Waals surface area contributed by atoms with E-state index in [4.69, 9.17) is 0 Å². The Morgan fingerprint density at radius 2 is 2.00 bits per heavy atom. The molecule has 0 fully saturated rings. The summed E-state index contributed by atoms with van der Waals surface area (Å²) in [6.45, 7) is 6.49. The van der Waals surface area contributed by atoms with Crippen molar-refractivity contribution in [3.63, 3.8) is 0 Å². The lowest BCUT2D eigenvalue weighted by atomic mass is 10.0. The number of rotatable bonds is 4. The van der Waals surface area contributed by atoms with Gasteiger partial charge < -0.3 is 11.5 Å². The highest BCUT2D eigenvalue weighted by atomic mass is 14.9. The third kappa shape index (κ3) is 3.29. The molecule has 1 atom stereocenters. The summed E-state index contributed by atoms with van der Waals surface area (Å²) in [4.78, 5) is 4.50. The Bertz CT molecular complexity index is 297. The van der Waals surface area contributed by atoms with Gasteiger partial charge in [-0.2, -0.15) is 0 Å². The monoisotopic (exact) mass is 209 g/mol. The first-order valence-electron chi connectivity index (χ1n) is 5.37. The Kier molecular flexibility index (Phi) is 6.13. The van der Waals surface area contributed by atoms with Gasteiger partial charge in [-0.25, -0.2) is 0 Å². The number of aromatic nitrogens is 1. The van der Waals surface area contributed by atoms with Crippen LogP contribution in [0, 0.1) is 0 Å². The predicted octanol–water partition coefficient (Wildman–Crippen LogP) is 2.65. The minimum atomic E-state index is 0. The molecule has 0 bridgehead atoms. The van der Waals surface area contributed by atoms with Crippen LogP contribution in [0.3, 0.4) is 0 Å². The fourth-order valence-electron chi connectivity index (χ4n) is 1.59. The normalized spacial score (nSPS) is 12.0. The summed E-state index contributed by atoms with van der Waals surface area (Å²) in [5.74, 6) is 0. The summed E-state index contributed by atoms with van der Waals surface area (Å²) in [6.07, 6.45) is 4.08. The molecule has 0 amide bonds. The van der Waals surface area contributed by atoms with E-state index in [9.17, 15) is 0 Å². The smallest absolute Gasteiger partial charge is 0.0432 e. The van der Waals surface area contributed by atoms with Gasteiger partial charge in [0, 0.05) is 17.9 Å². The maximum absolute atomic E-state index is 4.50. The molecule has 0 aromatic carbocycles. The van der Waals surface area contributed by atoms with Crippen LogP contribution in [0.2, 0.25) is 0 Å². The highest BCUT2D eigenvalue weighted by Crippen LogP contribution is 2.16. The maximum atomic E-state index is 4.50. The molecule has 4 N–H and O–H groups in total. The molecule has 0 aliphatic rings. The Morgan fingerprint density at radius 3 is 2.47 bits per heavy atom. The second-order valence-corrected chi connectivity index (χ2v) is 3.59. The van der Waals surface area contributed by atoms with E-state index in [1.807, 2.05) is 13.2 Å². The van der Waals surface area contributed by atoms with Gasteiger partial charge in [0.25, 0.3) is 0 Å². The number of hydrogen-bond acceptors (Lipinski definition) is 3. The first-order chi connectivity index (χ1) is 6.72. The molecule has 0 aliphatic heterocycles. The standard InChI is InChI=1S/C12H20N2.H3N/c1-5-10-7-11(9(3)13-4)8-14-12(10)6-2;/h7-9,13H,5-6H2,1-4H3;1H3. The molecule has 1 aromatic rings. The molecule has 3 heteroatoms. The largest absolute Gasteiger partial charge is 0.344 e. The van der Waals surface area contributed by atoms with Gasteiger partial charge in [0.1, 0.15) is 0 Å². The van der Waals surface area contributed by atoms with Crippen LogP contribution in [0.1, 0.15) is 43.6 Å². The first-order valence-corrected chi connectivity index (χ1v) is 5.37. The summed E-state index contributed by atoms with van der Waals surface area (Å²) in [7, 11) is 1.98. The highest BCUT2D eigenvalue weighted by molar-refractivity contribution is 5.27. The third-order valence-electron chi connectivity index (χ3n) is 2.73. The molecule has 1 heterocycles. The highest BCUT2D eigenvalue weighted by Gasteiger charge is 2.06. The van der Waals surface area contributed by atoms with Crippen LogP contribution in [0.25, 0.3) is 0 Å². The lowest BCUT2D eigenvalue weighted by Crippen LogP contribution is -2.13. The van der Waals surface area contributed by atoms with Gasteiger partial charge in [0.2, 0.25) is 0 Å². The summed E-state index contributed by atoms with van der Waals surface area (Å²) in [6, 6.07) is 2.66. The van der Waals surface area contributed by atoms with Crippen molar-refractivity contribution in [2.24, 2.45) is 0 Å². The molecule has 0 aliphatic carbocycles. The van der Waals surface area contributed by atoms with Gasteiger partial charge >= 0.3 is 0 Å². The van der Waals surface area contributed by atoms with E-state index < -0.39 is 0 Å². The quantitative estimate of drug-likeness (QED) is 0.801. The molecule has 1 unspecified atom stereocenters.